The van der Waals surface area contributed by atoms with Crippen LogP contribution < -0.4 is 0 Å². The molecular formula is C23H48O7Si. The Kier molecular flexibility index (Phi) is 15.3. The highest BCUT2D eigenvalue weighted by molar-refractivity contribution is 6.74. The molecule has 0 unspecified atom stereocenters. The van der Waals surface area contributed by atoms with Gasteiger partial charge >= 0.3 is 0 Å². The van der Waals surface area contributed by atoms with Crippen molar-refractivity contribution in [1.29, 1.82) is 0 Å². The monoisotopic (exact) mass is 464 g/mol. The van der Waals surface area contributed by atoms with Crippen molar-refractivity contribution in [2.24, 2.45) is 11.8 Å². The number of hydrogen-bond donors (Lipinski definition) is 0. The molecule has 0 aromatic rings. The van der Waals surface area contributed by atoms with Gasteiger partial charge in [-0.25, -0.2) is 0 Å². The van der Waals surface area contributed by atoms with Crippen LogP contribution in [0, 0.1) is 11.8 Å². The van der Waals surface area contributed by atoms with E-state index in [1.54, 1.807) is 21.3 Å². The second-order valence-corrected chi connectivity index (χ2v) is 14.7. The zero-order valence-electron chi connectivity index (χ0n) is 21.6. The van der Waals surface area contributed by atoms with Gasteiger partial charge in [0.1, 0.15) is 26.0 Å². The number of rotatable bonds is 18. The molecule has 0 aliphatic carbocycles. The lowest BCUT2D eigenvalue weighted by atomic mass is 9.85. The number of aldehydes is 1. The molecule has 0 bridgehead atoms. The quantitative estimate of drug-likeness (QED) is 0.166. The molecule has 0 N–H and O–H groups in total. The minimum atomic E-state index is -1.83. The van der Waals surface area contributed by atoms with E-state index in [4.69, 9.17) is 28.1 Å². The second kappa shape index (κ2) is 15.5. The number of carbonyl (C=O) groups excluding carboxylic acids is 1. The second-order valence-electron chi connectivity index (χ2n) is 9.87. The first-order valence-corrected chi connectivity index (χ1v) is 14.2. The van der Waals surface area contributed by atoms with Crippen LogP contribution in [0.1, 0.15) is 53.9 Å². The Morgan fingerprint density at radius 1 is 0.903 bits per heavy atom. The van der Waals surface area contributed by atoms with E-state index in [9.17, 15) is 4.79 Å². The molecule has 0 heterocycles. The summed E-state index contributed by atoms with van der Waals surface area (Å²) in [7, 11) is 2.97. The summed E-state index contributed by atoms with van der Waals surface area (Å²) >= 11 is 0. The molecule has 0 radical (unpaired) electrons. The zero-order valence-corrected chi connectivity index (χ0v) is 22.6. The van der Waals surface area contributed by atoms with Gasteiger partial charge in [0.25, 0.3) is 0 Å². The van der Waals surface area contributed by atoms with Crippen molar-refractivity contribution in [3.05, 3.63) is 0 Å². The molecule has 186 valence electrons. The summed E-state index contributed by atoms with van der Waals surface area (Å²) in [5.74, 6) is 0.276. The molecule has 0 aromatic heterocycles. The molecular weight excluding hydrogens is 416 g/mol. The van der Waals surface area contributed by atoms with E-state index in [0.29, 0.717) is 13.0 Å². The zero-order chi connectivity index (χ0) is 24.1. The molecule has 0 aliphatic rings. The summed E-state index contributed by atoms with van der Waals surface area (Å²) in [6.07, 6.45) is 2.48. The van der Waals surface area contributed by atoms with Gasteiger partial charge in [0, 0.05) is 33.9 Å². The Hall–Kier alpha value is -0.353. The maximum atomic E-state index is 11.1. The first-order valence-electron chi connectivity index (χ1n) is 11.3. The van der Waals surface area contributed by atoms with Gasteiger partial charge < -0.3 is 32.9 Å². The predicted octanol–water partition coefficient (Wildman–Crippen LogP) is 4.64. The van der Waals surface area contributed by atoms with Crippen LogP contribution in [0.4, 0.5) is 0 Å². The van der Waals surface area contributed by atoms with Crippen LogP contribution in [0.25, 0.3) is 0 Å². The van der Waals surface area contributed by atoms with Crippen LogP contribution in [0.15, 0.2) is 0 Å². The van der Waals surface area contributed by atoms with Crippen LogP contribution in [-0.2, 0) is 32.9 Å². The molecule has 5 atom stereocenters. The molecule has 0 saturated heterocycles. The fourth-order valence-electron chi connectivity index (χ4n) is 3.33. The van der Waals surface area contributed by atoms with Gasteiger partial charge in [-0.2, -0.15) is 0 Å². The highest BCUT2D eigenvalue weighted by Crippen LogP contribution is 2.37. The standard InChI is InChI=1S/C23H48O7Si/c1-18(11-12-20(15-24)27-8)22(29-17-26-7)19(2)21(28-16-25-6)13-14-30-31(9,10)23(3,4)5/h15,18-22H,11-14,16-17H2,1-10H3/t18-,19-,20+,21-,22-/m1/s1. The average molecular weight is 465 g/mol. The molecule has 0 rings (SSSR count). The normalized spacial score (nSPS) is 17.7. The summed E-state index contributed by atoms with van der Waals surface area (Å²) < 4.78 is 34.0. The largest absolute Gasteiger partial charge is 0.417 e. The van der Waals surface area contributed by atoms with Crippen LogP contribution >= 0.6 is 0 Å². The van der Waals surface area contributed by atoms with Gasteiger partial charge in [-0.05, 0) is 43.3 Å². The van der Waals surface area contributed by atoms with E-state index in [-0.39, 0.29) is 48.8 Å². The van der Waals surface area contributed by atoms with Crippen molar-refractivity contribution < 1.29 is 32.9 Å². The number of ether oxygens (including phenoxy) is 5. The molecule has 7 nitrogen and oxygen atoms in total. The Morgan fingerprint density at radius 2 is 1.48 bits per heavy atom. The van der Waals surface area contributed by atoms with Gasteiger partial charge in [-0.3, -0.25) is 0 Å². The van der Waals surface area contributed by atoms with Gasteiger partial charge in [0.05, 0.1) is 12.2 Å². The first-order chi connectivity index (χ1) is 14.4. The molecule has 8 heteroatoms. The maximum absolute atomic E-state index is 11.1. The van der Waals surface area contributed by atoms with E-state index >= 15 is 0 Å². The van der Waals surface area contributed by atoms with Crippen LogP contribution in [-0.4, -0.2) is 74.4 Å². The molecule has 0 aliphatic heterocycles. The van der Waals surface area contributed by atoms with Crippen molar-refractivity contribution in [2.45, 2.75) is 90.3 Å². The van der Waals surface area contributed by atoms with E-state index in [2.05, 4.69) is 47.7 Å². The summed E-state index contributed by atoms with van der Waals surface area (Å²) in [6.45, 7) is 16.6. The summed E-state index contributed by atoms with van der Waals surface area (Å²) in [5, 5.41) is 0.163. The van der Waals surface area contributed by atoms with Crippen molar-refractivity contribution in [3.8, 4) is 0 Å². The lowest BCUT2D eigenvalue weighted by Gasteiger charge is -2.38. The SMILES string of the molecule is COCO[C@@H]([C@H](C)[C@@H](CCO[Si](C)(C)C(C)(C)C)OCOC)[C@H](C)CC[C@@H](C=O)OC. The molecule has 0 amide bonds. The van der Waals surface area contributed by atoms with Crippen LogP contribution in [0.3, 0.4) is 0 Å². The first kappa shape index (κ1) is 30.6. The highest BCUT2D eigenvalue weighted by Gasteiger charge is 2.38. The molecule has 0 spiro atoms. The Labute approximate surface area is 191 Å². The Balaban J connectivity index is 5.22. The molecule has 0 fully saturated rings. The van der Waals surface area contributed by atoms with E-state index in [1.165, 1.54) is 0 Å². The van der Waals surface area contributed by atoms with E-state index in [1.807, 2.05) is 0 Å². The van der Waals surface area contributed by atoms with Crippen molar-refractivity contribution in [3.63, 3.8) is 0 Å². The van der Waals surface area contributed by atoms with Gasteiger partial charge in [-0.15, -0.1) is 0 Å². The minimum Gasteiger partial charge on any atom is -0.417 e. The predicted molar refractivity (Wildman–Crippen MR) is 126 cm³/mol. The smallest absolute Gasteiger partial charge is 0.191 e. The van der Waals surface area contributed by atoms with Crippen molar-refractivity contribution in [2.75, 3.05) is 41.5 Å². The van der Waals surface area contributed by atoms with Gasteiger partial charge in [-0.1, -0.05) is 34.6 Å². The third-order valence-electron chi connectivity index (χ3n) is 6.48. The van der Waals surface area contributed by atoms with E-state index < -0.39 is 8.32 Å². The fraction of sp³-hybridized carbons (Fsp3) is 0.957. The van der Waals surface area contributed by atoms with Gasteiger partial charge in [0.15, 0.2) is 8.32 Å². The van der Waals surface area contributed by atoms with Crippen LogP contribution in [0.5, 0.6) is 0 Å². The lowest BCUT2D eigenvalue weighted by Crippen LogP contribution is -2.43. The third kappa shape index (κ3) is 11.4. The molecule has 0 saturated carbocycles. The summed E-state index contributed by atoms with van der Waals surface area (Å²) in [6, 6.07) is 0. The average Bonchev–Trinajstić information content (AvgIpc) is 2.70. The molecule has 31 heavy (non-hydrogen) atoms. The van der Waals surface area contributed by atoms with Crippen molar-refractivity contribution in [1.82, 2.24) is 0 Å². The van der Waals surface area contributed by atoms with Gasteiger partial charge in [0.2, 0.25) is 0 Å². The Bertz CT molecular complexity index is 467. The third-order valence-corrected chi connectivity index (χ3v) is 11.0. The highest BCUT2D eigenvalue weighted by atomic mass is 28.4. The summed E-state index contributed by atoms with van der Waals surface area (Å²) in [5.41, 5.74) is 0. The maximum Gasteiger partial charge on any atom is 0.191 e. The number of carbonyl (C=O) groups is 1. The Morgan fingerprint density at radius 3 is 1.97 bits per heavy atom. The van der Waals surface area contributed by atoms with Crippen molar-refractivity contribution >= 4 is 14.6 Å². The van der Waals surface area contributed by atoms with Crippen LogP contribution in [0.2, 0.25) is 18.1 Å². The number of hydrogen-bond acceptors (Lipinski definition) is 7. The number of methoxy groups -OCH3 is 3. The minimum absolute atomic E-state index is 0.0838. The topological polar surface area (TPSA) is 72.5 Å². The lowest BCUT2D eigenvalue weighted by molar-refractivity contribution is -0.155. The summed E-state index contributed by atoms with van der Waals surface area (Å²) in [4.78, 5) is 11.1. The molecule has 0 aromatic carbocycles. The fourth-order valence-corrected chi connectivity index (χ4v) is 4.39. The van der Waals surface area contributed by atoms with E-state index in [0.717, 1.165) is 19.1 Å².